The molecule has 0 radical (unpaired) electrons. The molecular weight excluding hydrogens is 192 g/mol. The summed E-state index contributed by atoms with van der Waals surface area (Å²) in [4.78, 5) is 10.5. The quantitative estimate of drug-likeness (QED) is 0.756. The Kier molecular flexibility index (Phi) is 3.14. The van der Waals surface area contributed by atoms with E-state index in [1.807, 2.05) is 0 Å². The van der Waals surface area contributed by atoms with Crippen LogP contribution in [0.3, 0.4) is 0 Å². The van der Waals surface area contributed by atoms with E-state index in [9.17, 15) is 9.90 Å². The van der Waals surface area contributed by atoms with Crippen molar-refractivity contribution in [2.24, 2.45) is 0 Å². The van der Waals surface area contributed by atoms with Crippen LogP contribution in [-0.2, 0) is 11.2 Å². The van der Waals surface area contributed by atoms with Crippen LogP contribution < -0.4 is 4.74 Å². The fraction of sp³-hybridized carbons (Fsp3) is 0.222. The number of carbonyl (C=O) groups is 1. The molecule has 0 saturated carbocycles. The van der Waals surface area contributed by atoms with Gasteiger partial charge in [0.1, 0.15) is 0 Å². The number of hydrogen-bond donors (Lipinski definition) is 1. The zero-order valence-electron chi connectivity index (χ0n) is 7.08. The van der Waals surface area contributed by atoms with Crippen molar-refractivity contribution >= 4 is 16.8 Å². The molecule has 0 heterocycles. The maximum absolute atomic E-state index is 10.5. The summed E-state index contributed by atoms with van der Waals surface area (Å²) < 4.78 is 4.84. The molecule has 0 aliphatic rings. The highest BCUT2D eigenvalue weighted by molar-refractivity contribution is 6.63. The molecule has 4 heteroatoms. The van der Waals surface area contributed by atoms with Gasteiger partial charge in [-0.2, -0.15) is 0 Å². The monoisotopic (exact) mass is 200 g/mol. The van der Waals surface area contributed by atoms with Crippen molar-refractivity contribution in [3.63, 3.8) is 0 Å². The van der Waals surface area contributed by atoms with Crippen LogP contribution in [0.4, 0.5) is 0 Å². The Morgan fingerprint density at radius 2 is 2.31 bits per heavy atom. The molecule has 0 aliphatic heterocycles. The first-order valence-electron chi connectivity index (χ1n) is 3.67. The summed E-state index contributed by atoms with van der Waals surface area (Å²) in [6.45, 7) is 0. The number of methoxy groups -OCH3 is 1. The topological polar surface area (TPSA) is 46.5 Å². The van der Waals surface area contributed by atoms with Crippen LogP contribution in [0, 0.1) is 0 Å². The highest BCUT2D eigenvalue weighted by atomic mass is 35.5. The highest BCUT2D eigenvalue weighted by Gasteiger charge is 2.04. The second-order valence-electron chi connectivity index (χ2n) is 2.54. The number of halogens is 1. The third kappa shape index (κ3) is 2.63. The number of rotatable bonds is 3. The third-order valence-corrected chi connectivity index (χ3v) is 1.72. The molecule has 0 amide bonds. The molecule has 1 N–H and O–H groups in total. The largest absolute Gasteiger partial charge is 0.504 e. The number of benzene rings is 1. The molecular formula is C9H9ClO3. The smallest absolute Gasteiger partial charge is 0.226 e. The molecule has 0 saturated heterocycles. The van der Waals surface area contributed by atoms with Gasteiger partial charge in [-0.25, -0.2) is 0 Å². The predicted molar refractivity (Wildman–Crippen MR) is 49.2 cm³/mol. The van der Waals surface area contributed by atoms with Crippen LogP contribution in [0.1, 0.15) is 5.56 Å². The van der Waals surface area contributed by atoms with Crippen molar-refractivity contribution in [1.82, 2.24) is 0 Å². The van der Waals surface area contributed by atoms with E-state index in [2.05, 4.69) is 0 Å². The van der Waals surface area contributed by atoms with E-state index < -0.39 is 5.24 Å². The van der Waals surface area contributed by atoms with Gasteiger partial charge in [-0.15, -0.1) is 0 Å². The Hall–Kier alpha value is -1.22. The lowest BCUT2D eigenvalue weighted by Gasteiger charge is -2.04. The molecule has 0 unspecified atom stereocenters. The molecule has 0 aromatic heterocycles. The van der Waals surface area contributed by atoms with E-state index in [-0.39, 0.29) is 12.2 Å². The molecule has 0 bridgehead atoms. The maximum atomic E-state index is 10.5. The standard InChI is InChI=1S/C9H9ClO3/c1-13-8-3-2-6(4-7(8)11)5-9(10)12/h2-4,11H,5H2,1H3. The summed E-state index contributed by atoms with van der Waals surface area (Å²) in [5.74, 6) is 0.392. The Morgan fingerprint density at radius 3 is 2.77 bits per heavy atom. The predicted octanol–water partition coefficient (Wildman–Crippen LogP) is 1.71. The van der Waals surface area contributed by atoms with Crippen molar-refractivity contribution in [3.05, 3.63) is 23.8 Å². The van der Waals surface area contributed by atoms with Gasteiger partial charge in [0, 0.05) is 6.42 Å². The minimum absolute atomic E-state index is 0.0120. The fourth-order valence-electron chi connectivity index (χ4n) is 1.01. The zero-order chi connectivity index (χ0) is 9.84. The average Bonchev–Trinajstić information content (AvgIpc) is 2.03. The minimum Gasteiger partial charge on any atom is -0.504 e. The van der Waals surface area contributed by atoms with Gasteiger partial charge in [0.25, 0.3) is 0 Å². The molecule has 1 rings (SSSR count). The lowest BCUT2D eigenvalue weighted by Crippen LogP contribution is -1.93. The van der Waals surface area contributed by atoms with Gasteiger partial charge in [0.15, 0.2) is 11.5 Å². The van der Waals surface area contributed by atoms with E-state index in [4.69, 9.17) is 16.3 Å². The number of aromatic hydroxyl groups is 1. The number of phenolic OH excluding ortho intramolecular Hbond substituents is 1. The van der Waals surface area contributed by atoms with Crippen molar-refractivity contribution in [3.8, 4) is 11.5 Å². The molecule has 3 nitrogen and oxygen atoms in total. The molecule has 1 aromatic carbocycles. The average molecular weight is 201 g/mol. The number of phenols is 1. The normalized spacial score (nSPS) is 9.69. The van der Waals surface area contributed by atoms with Crippen molar-refractivity contribution in [1.29, 1.82) is 0 Å². The molecule has 1 aromatic rings. The first kappa shape index (κ1) is 9.86. The second kappa shape index (κ2) is 4.14. The number of hydrogen-bond acceptors (Lipinski definition) is 3. The van der Waals surface area contributed by atoms with Gasteiger partial charge in [0.05, 0.1) is 7.11 Å². The number of carbonyl (C=O) groups excluding carboxylic acids is 1. The Balaban J connectivity index is 2.89. The van der Waals surface area contributed by atoms with E-state index in [0.29, 0.717) is 11.3 Å². The van der Waals surface area contributed by atoms with Crippen LogP contribution in [0.25, 0.3) is 0 Å². The van der Waals surface area contributed by atoms with E-state index >= 15 is 0 Å². The van der Waals surface area contributed by atoms with Crippen molar-refractivity contribution in [2.75, 3.05) is 7.11 Å². The first-order valence-corrected chi connectivity index (χ1v) is 4.05. The zero-order valence-corrected chi connectivity index (χ0v) is 7.84. The summed E-state index contributed by atoms with van der Waals surface area (Å²) >= 11 is 5.19. The highest BCUT2D eigenvalue weighted by Crippen LogP contribution is 2.26. The summed E-state index contributed by atoms with van der Waals surface area (Å²) in [6, 6.07) is 4.72. The molecule has 0 spiro atoms. The van der Waals surface area contributed by atoms with Crippen LogP contribution in [0.2, 0.25) is 0 Å². The Bertz CT molecular complexity index is 323. The Labute approximate surface area is 80.9 Å². The molecule has 70 valence electrons. The van der Waals surface area contributed by atoms with Gasteiger partial charge < -0.3 is 9.84 Å². The molecule has 13 heavy (non-hydrogen) atoms. The van der Waals surface area contributed by atoms with E-state index in [1.165, 1.54) is 13.2 Å². The summed E-state index contributed by atoms with van der Waals surface area (Å²) in [5, 5.41) is 8.87. The second-order valence-corrected chi connectivity index (χ2v) is 2.96. The van der Waals surface area contributed by atoms with Crippen LogP contribution in [0.15, 0.2) is 18.2 Å². The van der Waals surface area contributed by atoms with Crippen molar-refractivity contribution < 1.29 is 14.6 Å². The summed E-state index contributed by atoms with van der Waals surface area (Å²) in [6.07, 6.45) is 0.110. The van der Waals surface area contributed by atoms with Gasteiger partial charge in [-0.05, 0) is 29.3 Å². The number of ether oxygens (including phenoxy) is 1. The minimum atomic E-state index is -0.454. The van der Waals surface area contributed by atoms with Crippen LogP contribution >= 0.6 is 11.6 Å². The van der Waals surface area contributed by atoms with Crippen LogP contribution in [0.5, 0.6) is 11.5 Å². The Morgan fingerprint density at radius 1 is 1.62 bits per heavy atom. The van der Waals surface area contributed by atoms with Gasteiger partial charge >= 0.3 is 0 Å². The van der Waals surface area contributed by atoms with Gasteiger partial charge in [-0.3, -0.25) is 4.79 Å². The maximum Gasteiger partial charge on any atom is 0.226 e. The first-order chi connectivity index (χ1) is 6.13. The lowest BCUT2D eigenvalue weighted by molar-refractivity contribution is -0.111. The van der Waals surface area contributed by atoms with Gasteiger partial charge in [0.2, 0.25) is 5.24 Å². The molecule has 0 atom stereocenters. The summed E-state index contributed by atoms with van der Waals surface area (Å²) in [7, 11) is 1.46. The lowest BCUT2D eigenvalue weighted by atomic mass is 10.1. The third-order valence-electron chi connectivity index (χ3n) is 1.59. The fourth-order valence-corrected chi connectivity index (χ4v) is 1.16. The SMILES string of the molecule is COc1ccc(CC(=O)Cl)cc1O. The van der Waals surface area contributed by atoms with Crippen molar-refractivity contribution in [2.45, 2.75) is 6.42 Å². The van der Waals surface area contributed by atoms with Crippen LogP contribution in [-0.4, -0.2) is 17.5 Å². The van der Waals surface area contributed by atoms with Gasteiger partial charge in [-0.1, -0.05) is 6.07 Å². The van der Waals surface area contributed by atoms with E-state index in [1.54, 1.807) is 12.1 Å². The molecule has 0 fully saturated rings. The molecule has 0 aliphatic carbocycles. The summed E-state index contributed by atoms with van der Waals surface area (Å²) in [5.41, 5.74) is 0.665. The van der Waals surface area contributed by atoms with E-state index in [0.717, 1.165) is 0 Å².